The molecule has 5 rings (SSSR count). The third-order valence-electron chi connectivity index (χ3n) is 6.64. The van der Waals surface area contributed by atoms with E-state index in [1.165, 1.54) is 5.56 Å². The number of hydrogen-bond acceptors (Lipinski definition) is 4. The van der Waals surface area contributed by atoms with Gasteiger partial charge in [-0.3, -0.25) is 14.3 Å². The van der Waals surface area contributed by atoms with E-state index in [1.807, 2.05) is 32.0 Å². The number of rotatable bonds is 8. The predicted octanol–water partition coefficient (Wildman–Crippen LogP) is 3.57. The van der Waals surface area contributed by atoms with Crippen molar-refractivity contribution in [3.05, 3.63) is 41.7 Å². The molecule has 1 unspecified atom stereocenters. The number of amides is 2. The SMILES string of the molecule is CC(C)n1nccc1C(=O)NC(C(=O)Nc1ccc2c(c1)OCC2)C(C1CC1)C1CC1. The Hall–Kier alpha value is -2.83. The molecule has 31 heavy (non-hydrogen) atoms. The largest absolute Gasteiger partial charge is 0.493 e. The first kappa shape index (κ1) is 20.1. The molecule has 2 aliphatic carbocycles. The van der Waals surface area contributed by atoms with Gasteiger partial charge in [-0.1, -0.05) is 6.07 Å². The van der Waals surface area contributed by atoms with Crippen molar-refractivity contribution in [1.29, 1.82) is 0 Å². The summed E-state index contributed by atoms with van der Waals surface area (Å²) in [5.74, 6) is 1.66. The van der Waals surface area contributed by atoms with Crippen molar-refractivity contribution in [2.24, 2.45) is 17.8 Å². The molecule has 1 aromatic heterocycles. The molecule has 1 aliphatic heterocycles. The summed E-state index contributed by atoms with van der Waals surface area (Å²) in [5, 5.41) is 10.4. The normalized spacial score (nSPS) is 18.6. The number of carbonyl (C=O) groups is 2. The van der Waals surface area contributed by atoms with Crippen LogP contribution in [0.4, 0.5) is 5.69 Å². The lowest BCUT2D eigenvalue weighted by Gasteiger charge is -2.28. The number of hydrogen-bond donors (Lipinski definition) is 2. The number of benzene rings is 1. The first-order valence-electron chi connectivity index (χ1n) is 11.4. The molecule has 0 radical (unpaired) electrons. The van der Waals surface area contributed by atoms with E-state index in [1.54, 1.807) is 16.9 Å². The summed E-state index contributed by atoms with van der Waals surface area (Å²) in [4.78, 5) is 26.6. The van der Waals surface area contributed by atoms with Crippen molar-refractivity contribution in [2.45, 2.75) is 58.0 Å². The van der Waals surface area contributed by atoms with Crippen LogP contribution in [0.3, 0.4) is 0 Å². The molecule has 0 bridgehead atoms. The van der Waals surface area contributed by atoms with Gasteiger partial charge in [0.2, 0.25) is 5.91 Å². The summed E-state index contributed by atoms with van der Waals surface area (Å²) in [7, 11) is 0. The van der Waals surface area contributed by atoms with E-state index in [2.05, 4.69) is 15.7 Å². The van der Waals surface area contributed by atoms with E-state index in [9.17, 15) is 9.59 Å². The van der Waals surface area contributed by atoms with Crippen molar-refractivity contribution in [1.82, 2.24) is 15.1 Å². The Kier molecular flexibility index (Phi) is 5.20. The van der Waals surface area contributed by atoms with Crippen LogP contribution < -0.4 is 15.4 Å². The molecule has 7 nitrogen and oxygen atoms in total. The van der Waals surface area contributed by atoms with E-state index in [0.717, 1.165) is 37.9 Å². The van der Waals surface area contributed by atoms with Gasteiger partial charge >= 0.3 is 0 Å². The average molecular weight is 423 g/mol. The van der Waals surface area contributed by atoms with Gasteiger partial charge in [0.15, 0.2) is 0 Å². The highest BCUT2D eigenvalue weighted by Gasteiger charge is 2.48. The first-order valence-corrected chi connectivity index (χ1v) is 11.4. The Morgan fingerprint density at radius 3 is 2.55 bits per heavy atom. The van der Waals surface area contributed by atoms with Crippen molar-refractivity contribution >= 4 is 17.5 Å². The highest BCUT2D eigenvalue weighted by Crippen LogP contribution is 2.51. The van der Waals surface area contributed by atoms with Crippen LogP contribution in [0.1, 0.15) is 61.6 Å². The second-order valence-corrected chi connectivity index (χ2v) is 9.37. The fraction of sp³-hybridized carbons (Fsp3) is 0.542. The molecule has 2 amide bonds. The smallest absolute Gasteiger partial charge is 0.270 e. The maximum atomic E-state index is 13.5. The summed E-state index contributed by atoms with van der Waals surface area (Å²) < 4.78 is 7.34. The molecular weight excluding hydrogens is 392 g/mol. The van der Waals surface area contributed by atoms with E-state index in [-0.39, 0.29) is 23.8 Å². The summed E-state index contributed by atoms with van der Waals surface area (Å²) in [6, 6.07) is 7.03. The van der Waals surface area contributed by atoms with Crippen LogP contribution in [0.25, 0.3) is 0 Å². The molecule has 2 fully saturated rings. The topological polar surface area (TPSA) is 85.2 Å². The van der Waals surface area contributed by atoms with Gasteiger partial charge in [0.05, 0.1) is 6.61 Å². The van der Waals surface area contributed by atoms with Gasteiger partial charge in [-0.15, -0.1) is 0 Å². The Bertz CT molecular complexity index is 978. The van der Waals surface area contributed by atoms with Crippen LogP contribution in [0.2, 0.25) is 0 Å². The number of nitrogens with zero attached hydrogens (tertiary/aromatic N) is 2. The zero-order valence-electron chi connectivity index (χ0n) is 18.1. The van der Waals surface area contributed by atoms with Gasteiger partial charge in [0.1, 0.15) is 17.5 Å². The van der Waals surface area contributed by atoms with E-state index < -0.39 is 6.04 Å². The molecule has 1 aromatic carbocycles. The minimum Gasteiger partial charge on any atom is -0.493 e. The van der Waals surface area contributed by atoms with Gasteiger partial charge in [-0.05, 0) is 75.0 Å². The van der Waals surface area contributed by atoms with Crippen molar-refractivity contribution in [2.75, 3.05) is 11.9 Å². The highest BCUT2D eigenvalue weighted by molar-refractivity contribution is 6.01. The Labute approximate surface area is 182 Å². The van der Waals surface area contributed by atoms with E-state index in [4.69, 9.17) is 4.74 Å². The van der Waals surface area contributed by atoms with Crippen LogP contribution in [0.5, 0.6) is 5.75 Å². The Morgan fingerprint density at radius 1 is 1.13 bits per heavy atom. The number of aromatic nitrogens is 2. The van der Waals surface area contributed by atoms with Crippen LogP contribution in [0, 0.1) is 17.8 Å². The second-order valence-electron chi connectivity index (χ2n) is 9.37. The zero-order valence-corrected chi connectivity index (χ0v) is 18.1. The number of anilines is 1. The zero-order chi connectivity index (χ0) is 21.5. The summed E-state index contributed by atoms with van der Waals surface area (Å²) in [5.41, 5.74) is 2.37. The van der Waals surface area contributed by atoms with Crippen molar-refractivity contribution in [3.8, 4) is 5.75 Å². The lowest BCUT2D eigenvalue weighted by atomic mass is 9.88. The third-order valence-corrected chi connectivity index (χ3v) is 6.64. The van der Waals surface area contributed by atoms with Gasteiger partial charge in [-0.25, -0.2) is 0 Å². The van der Waals surface area contributed by atoms with Crippen LogP contribution in [0.15, 0.2) is 30.5 Å². The van der Waals surface area contributed by atoms with Gasteiger partial charge in [0, 0.05) is 30.4 Å². The lowest BCUT2D eigenvalue weighted by Crippen LogP contribution is -2.50. The molecular formula is C24H30N4O3. The number of fused-ring (bicyclic) bond motifs is 1. The summed E-state index contributed by atoms with van der Waals surface area (Å²) in [6.45, 7) is 4.66. The van der Waals surface area contributed by atoms with Gasteiger partial charge < -0.3 is 15.4 Å². The Morgan fingerprint density at radius 2 is 1.87 bits per heavy atom. The molecule has 3 aliphatic rings. The summed E-state index contributed by atoms with van der Waals surface area (Å²) in [6.07, 6.45) is 7.08. The molecule has 1 atom stereocenters. The van der Waals surface area contributed by atoms with Crippen LogP contribution in [-0.2, 0) is 11.2 Å². The van der Waals surface area contributed by atoms with Gasteiger partial charge in [-0.2, -0.15) is 5.10 Å². The molecule has 2 aromatic rings. The second kappa shape index (κ2) is 8.02. The van der Waals surface area contributed by atoms with Gasteiger partial charge in [0.25, 0.3) is 5.91 Å². The molecule has 164 valence electrons. The first-order chi connectivity index (χ1) is 15.0. The molecule has 7 heteroatoms. The molecule has 2 saturated carbocycles. The molecule has 2 N–H and O–H groups in total. The quantitative estimate of drug-likeness (QED) is 0.681. The average Bonchev–Trinajstić information content (AvgIpc) is 3.66. The lowest BCUT2D eigenvalue weighted by molar-refractivity contribution is -0.119. The number of ether oxygens (including phenoxy) is 1. The fourth-order valence-corrected chi connectivity index (χ4v) is 4.81. The number of nitrogens with one attached hydrogen (secondary N) is 2. The fourth-order valence-electron chi connectivity index (χ4n) is 4.81. The maximum Gasteiger partial charge on any atom is 0.270 e. The molecule has 0 saturated heterocycles. The maximum absolute atomic E-state index is 13.5. The van der Waals surface area contributed by atoms with E-state index >= 15 is 0 Å². The predicted molar refractivity (Wildman–Crippen MR) is 117 cm³/mol. The highest BCUT2D eigenvalue weighted by atomic mass is 16.5. The van der Waals surface area contributed by atoms with Crippen molar-refractivity contribution in [3.63, 3.8) is 0 Å². The molecule has 2 heterocycles. The minimum absolute atomic E-state index is 0.0668. The standard InChI is InChI=1S/C24H30N4O3/c1-14(2)28-19(9-11-25-28)23(29)27-22(21(16-3-4-16)17-5-6-17)24(30)26-18-8-7-15-10-12-31-20(15)13-18/h7-9,11,13-14,16-17,21-22H,3-6,10,12H2,1-2H3,(H,26,30)(H,27,29). The third kappa shape index (κ3) is 4.18. The van der Waals surface area contributed by atoms with E-state index in [0.29, 0.717) is 29.8 Å². The van der Waals surface area contributed by atoms with Crippen LogP contribution in [-0.4, -0.2) is 34.2 Å². The van der Waals surface area contributed by atoms with Crippen LogP contribution >= 0.6 is 0 Å². The Balaban J connectivity index is 1.38. The monoisotopic (exact) mass is 422 g/mol. The summed E-state index contributed by atoms with van der Waals surface area (Å²) >= 11 is 0. The van der Waals surface area contributed by atoms with Crippen molar-refractivity contribution < 1.29 is 14.3 Å². The number of carbonyl (C=O) groups excluding carboxylic acids is 2. The molecule has 0 spiro atoms. The minimum atomic E-state index is -0.558.